The highest BCUT2D eigenvalue weighted by Gasteiger charge is 2.28. The van der Waals surface area contributed by atoms with Crippen LogP contribution in [0.25, 0.3) is 0 Å². The molecule has 1 aromatic rings. The molecule has 3 heterocycles. The van der Waals surface area contributed by atoms with Crippen molar-refractivity contribution in [2.45, 2.75) is 44.3 Å². The number of amides is 4. The van der Waals surface area contributed by atoms with Crippen LogP contribution in [0.15, 0.2) is 24.3 Å². The van der Waals surface area contributed by atoms with Crippen molar-refractivity contribution in [3.63, 3.8) is 0 Å². The van der Waals surface area contributed by atoms with Crippen molar-refractivity contribution in [1.82, 2.24) is 15.5 Å². The summed E-state index contributed by atoms with van der Waals surface area (Å²) in [6.07, 6.45) is 4.64. The number of carbonyl (C=O) groups excluding carboxylic acids is 3. The molecule has 0 radical (unpaired) electrons. The van der Waals surface area contributed by atoms with Crippen molar-refractivity contribution in [3.8, 4) is 0 Å². The van der Waals surface area contributed by atoms with Gasteiger partial charge < -0.3 is 15.0 Å². The lowest BCUT2D eigenvalue weighted by atomic mass is 10.0. The molecule has 8 heteroatoms. The third kappa shape index (κ3) is 4.76. The zero-order valence-electron chi connectivity index (χ0n) is 16.6. The molecule has 0 bridgehead atoms. The van der Waals surface area contributed by atoms with E-state index in [-0.39, 0.29) is 24.3 Å². The van der Waals surface area contributed by atoms with Gasteiger partial charge in [-0.05, 0) is 57.0 Å². The summed E-state index contributed by atoms with van der Waals surface area (Å²) in [4.78, 5) is 39.7. The molecule has 3 aliphatic heterocycles. The second-order valence-electron chi connectivity index (χ2n) is 7.88. The van der Waals surface area contributed by atoms with Crippen molar-refractivity contribution in [2.24, 2.45) is 0 Å². The average Bonchev–Trinajstić information content (AvgIpc) is 2.75. The number of benzene rings is 1. The summed E-state index contributed by atoms with van der Waals surface area (Å²) in [5, 5.41) is 5.66. The number of imide groups is 1. The van der Waals surface area contributed by atoms with Gasteiger partial charge in [-0.25, -0.2) is 4.79 Å². The molecule has 4 amide bonds. The summed E-state index contributed by atoms with van der Waals surface area (Å²) in [6, 6.07) is 6.62. The lowest BCUT2D eigenvalue weighted by Gasteiger charge is -2.35. The predicted molar refractivity (Wildman–Crippen MR) is 108 cm³/mol. The maximum Gasteiger partial charge on any atom is 0.328 e. The number of urea groups is 1. The van der Waals surface area contributed by atoms with Crippen molar-refractivity contribution in [3.05, 3.63) is 29.8 Å². The van der Waals surface area contributed by atoms with E-state index in [0.717, 1.165) is 38.8 Å². The largest absolute Gasteiger partial charge is 0.375 e. The summed E-state index contributed by atoms with van der Waals surface area (Å²) in [6.45, 7) is 3.71. The summed E-state index contributed by atoms with van der Waals surface area (Å²) in [5.41, 5.74) is 1.19. The highest BCUT2D eigenvalue weighted by molar-refractivity contribution is 6.06. The minimum absolute atomic E-state index is 0.0272. The number of nitrogens with zero attached hydrogens (tertiary/aromatic N) is 2. The van der Waals surface area contributed by atoms with E-state index in [2.05, 4.69) is 10.6 Å². The van der Waals surface area contributed by atoms with Gasteiger partial charge in [0.25, 0.3) is 5.91 Å². The molecule has 0 spiro atoms. The molecule has 0 saturated carbocycles. The van der Waals surface area contributed by atoms with Crippen LogP contribution in [0.1, 0.15) is 42.5 Å². The van der Waals surface area contributed by atoms with Crippen LogP contribution in [0.2, 0.25) is 0 Å². The molecule has 8 nitrogen and oxygen atoms in total. The summed E-state index contributed by atoms with van der Waals surface area (Å²) >= 11 is 0. The van der Waals surface area contributed by atoms with Gasteiger partial charge in [0, 0.05) is 37.3 Å². The molecule has 0 aromatic heterocycles. The second kappa shape index (κ2) is 8.92. The Morgan fingerprint density at radius 2 is 1.72 bits per heavy atom. The number of piperidine rings is 2. The second-order valence-corrected chi connectivity index (χ2v) is 7.88. The van der Waals surface area contributed by atoms with E-state index in [4.69, 9.17) is 4.74 Å². The van der Waals surface area contributed by atoms with E-state index in [1.165, 1.54) is 4.90 Å². The van der Waals surface area contributed by atoms with Crippen LogP contribution in [0.4, 0.5) is 10.5 Å². The maximum absolute atomic E-state index is 13.0. The van der Waals surface area contributed by atoms with Crippen molar-refractivity contribution in [2.75, 3.05) is 37.6 Å². The Balaban J connectivity index is 1.34. The van der Waals surface area contributed by atoms with Crippen LogP contribution in [-0.2, 0) is 9.53 Å². The number of ether oxygens (including phenoxy) is 1. The Morgan fingerprint density at radius 3 is 2.45 bits per heavy atom. The summed E-state index contributed by atoms with van der Waals surface area (Å²) in [7, 11) is 0. The first-order chi connectivity index (χ1) is 14.1. The monoisotopic (exact) mass is 400 g/mol. The van der Waals surface area contributed by atoms with Crippen LogP contribution in [0.5, 0.6) is 0 Å². The Bertz CT molecular complexity index is 770. The van der Waals surface area contributed by atoms with Crippen LogP contribution < -0.4 is 15.5 Å². The topological polar surface area (TPSA) is 91.0 Å². The first-order valence-corrected chi connectivity index (χ1v) is 10.5. The molecule has 1 aromatic carbocycles. The lowest BCUT2D eigenvalue weighted by molar-refractivity contribution is -0.120. The van der Waals surface area contributed by atoms with Gasteiger partial charge in [-0.2, -0.15) is 0 Å². The predicted octanol–water partition coefficient (Wildman–Crippen LogP) is 1.51. The quantitative estimate of drug-likeness (QED) is 0.799. The van der Waals surface area contributed by atoms with Gasteiger partial charge in [-0.3, -0.25) is 19.8 Å². The molecular formula is C21H28N4O4. The molecule has 4 rings (SSSR count). The summed E-state index contributed by atoms with van der Waals surface area (Å²) in [5.74, 6) is -0.297. The minimum Gasteiger partial charge on any atom is -0.375 e. The third-order valence-corrected chi connectivity index (χ3v) is 5.86. The van der Waals surface area contributed by atoms with E-state index >= 15 is 0 Å². The molecule has 156 valence electrons. The molecular weight excluding hydrogens is 372 g/mol. The number of anilines is 1. The Morgan fingerprint density at radius 1 is 1.00 bits per heavy atom. The standard InChI is InChI=1S/C21H28N4O4/c26-19-8-13-25(21(28)23-19)16-3-1-2-15(14-16)20(27)24-11-6-18(7-12-24)29-17-4-9-22-10-5-17/h1-3,14,17-18,22H,4-13H2,(H,23,26,28). The highest BCUT2D eigenvalue weighted by Crippen LogP contribution is 2.23. The molecule has 3 aliphatic rings. The van der Waals surface area contributed by atoms with Crippen LogP contribution in [0, 0.1) is 0 Å². The van der Waals surface area contributed by atoms with E-state index < -0.39 is 6.03 Å². The molecule has 0 unspecified atom stereocenters. The van der Waals surface area contributed by atoms with Gasteiger partial charge >= 0.3 is 6.03 Å². The maximum atomic E-state index is 13.0. The fourth-order valence-electron chi connectivity index (χ4n) is 4.20. The number of hydrogen-bond acceptors (Lipinski definition) is 5. The normalized spacial score (nSPS) is 21.9. The lowest BCUT2D eigenvalue weighted by Crippen LogP contribution is -2.49. The number of carbonyl (C=O) groups is 3. The number of hydrogen-bond donors (Lipinski definition) is 2. The van der Waals surface area contributed by atoms with Gasteiger partial charge in [-0.1, -0.05) is 6.07 Å². The molecule has 29 heavy (non-hydrogen) atoms. The van der Waals surface area contributed by atoms with Gasteiger partial charge in [-0.15, -0.1) is 0 Å². The van der Waals surface area contributed by atoms with E-state index in [1.807, 2.05) is 4.90 Å². The third-order valence-electron chi connectivity index (χ3n) is 5.86. The SMILES string of the molecule is O=C1CCN(c2cccc(C(=O)N3CCC(OC4CCNCC4)CC3)c2)C(=O)N1. The minimum atomic E-state index is -0.443. The molecule has 2 N–H and O–H groups in total. The van der Waals surface area contributed by atoms with E-state index in [1.54, 1.807) is 24.3 Å². The zero-order valence-corrected chi connectivity index (χ0v) is 16.6. The fourth-order valence-corrected chi connectivity index (χ4v) is 4.20. The van der Waals surface area contributed by atoms with Gasteiger partial charge in [0.15, 0.2) is 0 Å². The highest BCUT2D eigenvalue weighted by atomic mass is 16.5. The molecule has 3 fully saturated rings. The average molecular weight is 400 g/mol. The van der Waals surface area contributed by atoms with E-state index in [0.29, 0.717) is 37.0 Å². The number of rotatable bonds is 4. The zero-order chi connectivity index (χ0) is 20.2. The van der Waals surface area contributed by atoms with Gasteiger partial charge in [0.05, 0.1) is 12.2 Å². The number of likely N-dealkylation sites (tertiary alicyclic amines) is 1. The van der Waals surface area contributed by atoms with Crippen molar-refractivity contribution in [1.29, 1.82) is 0 Å². The van der Waals surface area contributed by atoms with Gasteiger partial charge in [0.1, 0.15) is 0 Å². The van der Waals surface area contributed by atoms with Crippen LogP contribution >= 0.6 is 0 Å². The van der Waals surface area contributed by atoms with Crippen molar-refractivity contribution < 1.29 is 19.1 Å². The van der Waals surface area contributed by atoms with Crippen LogP contribution in [0.3, 0.4) is 0 Å². The number of nitrogens with one attached hydrogen (secondary N) is 2. The van der Waals surface area contributed by atoms with Crippen molar-refractivity contribution >= 4 is 23.5 Å². The Hall–Kier alpha value is -2.45. The van der Waals surface area contributed by atoms with Gasteiger partial charge in [0.2, 0.25) is 5.91 Å². The first kappa shape index (κ1) is 19.8. The molecule has 0 aliphatic carbocycles. The fraction of sp³-hybridized carbons (Fsp3) is 0.571. The van der Waals surface area contributed by atoms with E-state index in [9.17, 15) is 14.4 Å². The Labute approximate surface area is 170 Å². The first-order valence-electron chi connectivity index (χ1n) is 10.5. The Kier molecular flexibility index (Phi) is 6.10. The smallest absolute Gasteiger partial charge is 0.328 e. The molecule has 0 atom stereocenters. The van der Waals surface area contributed by atoms with Crippen LogP contribution in [-0.4, -0.2) is 67.7 Å². The molecule has 3 saturated heterocycles. The summed E-state index contributed by atoms with van der Waals surface area (Å²) < 4.78 is 6.23.